The first-order chi connectivity index (χ1) is 9.47. The van der Waals surface area contributed by atoms with Gasteiger partial charge < -0.3 is 5.32 Å². The number of anilines is 1. The third-order valence-electron chi connectivity index (χ3n) is 3.12. The molecule has 3 heteroatoms. The average Bonchev–Trinajstić information content (AvgIpc) is 2.37. The summed E-state index contributed by atoms with van der Waals surface area (Å²) in [6.45, 7) is 6.04. The van der Waals surface area contributed by atoms with Crippen molar-refractivity contribution in [1.29, 1.82) is 0 Å². The number of carbonyl (C=O) groups is 1. The second-order valence-electron chi connectivity index (χ2n) is 5.03. The van der Waals surface area contributed by atoms with Gasteiger partial charge in [0.25, 0.3) is 5.91 Å². The molecular formula is C17H18BrNO. The lowest BCUT2D eigenvalue weighted by Gasteiger charge is -2.13. The molecule has 0 fully saturated rings. The zero-order chi connectivity index (χ0) is 14.7. The van der Waals surface area contributed by atoms with Crippen LogP contribution in [0.25, 0.3) is 0 Å². The Labute approximate surface area is 128 Å². The van der Waals surface area contributed by atoms with Crippen LogP contribution in [0, 0.1) is 13.8 Å². The van der Waals surface area contributed by atoms with E-state index in [1.54, 1.807) is 0 Å². The minimum absolute atomic E-state index is 0.0719. The lowest BCUT2D eigenvalue weighted by molar-refractivity contribution is 0.102. The molecule has 0 aliphatic heterocycles. The van der Waals surface area contributed by atoms with Crippen LogP contribution in [0.1, 0.15) is 38.8 Å². The van der Waals surface area contributed by atoms with E-state index in [0.717, 1.165) is 22.4 Å². The van der Waals surface area contributed by atoms with Gasteiger partial charge in [0.2, 0.25) is 0 Å². The lowest BCUT2D eigenvalue weighted by Crippen LogP contribution is -2.13. The number of amides is 1. The quantitative estimate of drug-likeness (QED) is 0.787. The molecule has 1 unspecified atom stereocenters. The second kappa shape index (κ2) is 6.23. The summed E-state index contributed by atoms with van der Waals surface area (Å²) in [5, 5.41) is 2.99. The predicted octanol–water partition coefficient (Wildman–Crippen LogP) is 5.01. The Morgan fingerprint density at radius 3 is 2.30 bits per heavy atom. The zero-order valence-corrected chi connectivity index (χ0v) is 13.5. The van der Waals surface area contributed by atoms with Crippen molar-refractivity contribution >= 4 is 27.5 Å². The number of halogens is 1. The van der Waals surface area contributed by atoms with Gasteiger partial charge in [0.05, 0.1) is 0 Å². The largest absolute Gasteiger partial charge is 0.322 e. The molecule has 104 valence electrons. The Morgan fingerprint density at radius 1 is 1.10 bits per heavy atom. The van der Waals surface area contributed by atoms with Gasteiger partial charge in [-0.1, -0.05) is 51.3 Å². The van der Waals surface area contributed by atoms with Crippen molar-refractivity contribution in [3.05, 3.63) is 64.7 Å². The number of benzene rings is 2. The molecule has 0 saturated heterocycles. The average molecular weight is 332 g/mol. The van der Waals surface area contributed by atoms with Crippen LogP contribution in [0.3, 0.4) is 0 Å². The molecule has 0 heterocycles. The smallest absolute Gasteiger partial charge is 0.255 e. The summed E-state index contributed by atoms with van der Waals surface area (Å²) in [6, 6.07) is 13.7. The van der Waals surface area contributed by atoms with Gasteiger partial charge in [-0.2, -0.15) is 0 Å². The SMILES string of the molecule is Cc1cc(C)cc(C(=O)Nc2ccccc2C(C)Br)c1. The molecule has 0 radical (unpaired) electrons. The van der Waals surface area contributed by atoms with E-state index in [1.165, 1.54) is 0 Å². The predicted molar refractivity (Wildman–Crippen MR) is 87.7 cm³/mol. The molecule has 0 bridgehead atoms. The van der Waals surface area contributed by atoms with Crippen LogP contribution in [-0.2, 0) is 0 Å². The highest BCUT2D eigenvalue weighted by Gasteiger charge is 2.12. The highest BCUT2D eigenvalue weighted by molar-refractivity contribution is 9.09. The standard InChI is InChI=1S/C17H18BrNO/c1-11-8-12(2)10-14(9-11)17(20)19-16-7-5-4-6-15(16)13(3)18/h4-10,13H,1-3H3,(H,19,20). The van der Waals surface area contributed by atoms with Gasteiger partial charge in [-0.25, -0.2) is 0 Å². The summed E-state index contributed by atoms with van der Waals surface area (Å²) >= 11 is 3.55. The van der Waals surface area contributed by atoms with Crippen molar-refractivity contribution in [3.63, 3.8) is 0 Å². The van der Waals surface area contributed by atoms with Gasteiger partial charge >= 0.3 is 0 Å². The maximum absolute atomic E-state index is 12.4. The Kier molecular flexibility index (Phi) is 4.61. The fourth-order valence-corrected chi connectivity index (χ4v) is 2.66. The number of para-hydroxylation sites is 1. The maximum Gasteiger partial charge on any atom is 0.255 e. The molecule has 1 amide bonds. The van der Waals surface area contributed by atoms with E-state index in [1.807, 2.05) is 57.2 Å². The van der Waals surface area contributed by atoms with Crippen LogP contribution >= 0.6 is 15.9 Å². The number of rotatable bonds is 3. The first kappa shape index (κ1) is 14.8. The van der Waals surface area contributed by atoms with Gasteiger partial charge in [0, 0.05) is 16.1 Å². The third kappa shape index (κ3) is 3.48. The van der Waals surface area contributed by atoms with Crippen molar-refractivity contribution in [2.75, 3.05) is 5.32 Å². The van der Waals surface area contributed by atoms with Gasteiger partial charge in [-0.15, -0.1) is 0 Å². The molecule has 0 aliphatic rings. The van der Waals surface area contributed by atoms with Crippen molar-refractivity contribution in [2.24, 2.45) is 0 Å². The van der Waals surface area contributed by atoms with E-state index in [0.29, 0.717) is 5.56 Å². The molecular weight excluding hydrogens is 314 g/mol. The van der Waals surface area contributed by atoms with Crippen LogP contribution in [-0.4, -0.2) is 5.91 Å². The van der Waals surface area contributed by atoms with E-state index < -0.39 is 0 Å². The van der Waals surface area contributed by atoms with Crippen molar-refractivity contribution < 1.29 is 4.79 Å². The molecule has 20 heavy (non-hydrogen) atoms. The third-order valence-corrected chi connectivity index (χ3v) is 3.61. The molecule has 0 aromatic heterocycles. The number of hydrogen-bond donors (Lipinski definition) is 1. The molecule has 0 aliphatic carbocycles. The van der Waals surface area contributed by atoms with Crippen LogP contribution in [0.5, 0.6) is 0 Å². The van der Waals surface area contributed by atoms with Gasteiger partial charge in [-0.05, 0) is 44.5 Å². The zero-order valence-electron chi connectivity index (χ0n) is 11.9. The van der Waals surface area contributed by atoms with Crippen LogP contribution in [0.2, 0.25) is 0 Å². The van der Waals surface area contributed by atoms with Gasteiger partial charge in [0.1, 0.15) is 0 Å². The molecule has 1 N–H and O–H groups in total. The fraction of sp³-hybridized carbons (Fsp3) is 0.235. The molecule has 2 aromatic rings. The lowest BCUT2D eigenvalue weighted by atomic mass is 10.1. The summed E-state index contributed by atoms with van der Waals surface area (Å²) in [5.41, 5.74) is 4.81. The first-order valence-corrected chi connectivity index (χ1v) is 7.51. The van der Waals surface area contributed by atoms with E-state index in [4.69, 9.17) is 0 Å². The molecule has 1 atom stereocenters. The normalized spacial score (nSPS) is 12.0. The number of alkyl halides is 1. The van der Waals surface area contributed by atoms with Crippen molar-refractivity contribution in [1.82, 2.24) is 0 Å². The molecule has 2 nitrogen and oxygen atoms in total. The Bertz CT molecular complexity index is 614. The molecule has 2 aromatic carbocycles. The summed E-state index contributed by atoms with van der Waals surface area (Å²) < 4.78 is 0. The van der Waals surface area contributed by atoms with E-state index in [-0.39, 0.29) is 10.7 Å². The summed E-state index contributed by atoms with van der Waals surface area (Å²) in [4.78, 5) is 12.6. The van der Waals surface area contributed by atoms with Crippen molar-refractivity contribution in [2.45, 2.75) is 25.6 Å². The van der Waals surface area contributed by atoms with Crippen LogP contribution < -0.4 is 5.32 Å². The summed E-state index contributed by atoms with van der Waals surface area (Å²) in [7, 11) is 0. The highest BCUT2D eigenvalue weighted by Crippen LogP contribution is 2.29. The maximum atomic E-state index is 12.4. The summed E-state index contributed by atoms with van der Waals surface area (Å²) in [5.74, 6) is -0.0719. The second-order valence-corrected chi connectivity index (χ2v) is 6.41. The Morgan fingerprint density at radius 2 is 1.70 bits per heavy atom. The minimum atomic E-state index is -0.0719. The monoisotopic (exact) mass is 331 g/mol. The molecule has 2 rings (SSSR count). The first-order valence-electron chi connectivity index (χ1n) is 6.60. The number of nitrogens with one attached hydrogen (secondary N) is 1. The molecule has 0 spiro atoms. The van der Waals surface area contributed by atoms with Crippen LogP contribution in [0.4, 0.5) is 5.69 Å². The Hall–Kier alpha value is -1.61. The van der Waals surface area contributed by atoms with Crippen LogP contribution in [0.15, 0.2) is 42.5 Å². The Balaban J connectivity index is 2.28. The van der Waals surface area contributed by atoms with Crippen molar-refractivity contribution in [3.8, 4) is 0 Å². The number of carbonyl (C=O) groups excluding carboxylic acids is 1. The van der Waals surface area contributed by atoms with E-state index in [2.05, 4.69) is 27.3 Å². The number of aryl methyl sites for hydroxylation is 2. The molecule has 0 saturated carbocycles. The van der Waals surface area contributed by atoms with E-state index >= 15 is 0 Å². The topological polar surface area (TPSA) is 29.1 Å². The van der Waals surface area contributed by atoms with Gasteiger partial charge in [-0.3, -0.25) is 4.79 Å². The van der Waals surface area contributed by atoms with E-state index in [9.17, 15) is 4.79 Å². The van der Waals surface area contributed by atoms with Gasteiger partial charge in [0.15, 0.2) is 0 Å². The fourth-order valence-electron chi connectivity index (χ4n) is 2.26. The highest BCUT2D eigenvalue weighted by atomic mass is 79.9. The minimum Gasteiger partial charge on any atom is -0.322 e. The number of hydrogen-bond acceptors (Lipinski definition) is 1. The summed E-state index contributed by atoms with van der Waals surface area (Å²) in [6.07, 6.45) is 0.